The van der Waals surface area contributed by atoms with Crippen LogP contribution in [0.25, 0.3) is 0 Å². The van der Waals surface area contributed by atoms with E-state index in [1.807, 2.05) is 18.2 Å². The van der Waals surface area contributed by atoms with E-state index in [4.69, 9.17) is 0 Å². The number of hydrogen-bond acceptors (Lipinski definition) is 4. The molecule has 0 spiro atoms. The quantitative estimate of drug-likeness (QED) is 0.490. The van der Waals surface area contributed by atoms with Gasteiger partial charge in [-0.15, -0.1) is 0 Å². The second-order valence-corrected chi connectivity index (χ2v) is 4.51. The summed E-state index contributed by atoms with van der Waals surface area (Å²) in [5.74, 6) is 0.405. The second-order valence-electron chi connectivity index (χ2n) is 4.51. The monoisotopic (exact) mass is 270 g/mol. The first-order chi connectivity index (χ1) is 9.77. The lowest BCUT2D eigenvalue weighted by molar-refractivity contribution is -0.115. The van der Waals surface area contributed by atoms with Crippen LogP contribution in [0.5, 0.6) is 5.75 Å². The average molecular weight is 270 g/mol. The molecule has 20 heavy (non-hydrogen) atoms. The van der Waals surface area contributed by atoms with E-state index >= 15 is 0 Å². The van der Waals surface area contributed by atoms with Crippen molar-refractivity contribution in [2.45, 2.75) is 12.8 Å². The number of aromatic hydroxyl groups is 1. The Morgan fingerprint density at radius 3 is 3.00 bits per heavy atom. The van der Waals surface area contributed by atoms with Crippen LogP contribution < -0.4 is 5.32 Å². The molecule has 0 amide bonds. The first-order valence-corrected chi connectivity index (χ1v) is 6.68. The van der Waals surface area contributed by atoms with Gasteiger partial charge in [0.05, 0.1) is 6.54 Å². The van der Waals surface area contributed by atoms with Gasteiger partial charge in [0.1, 0.15) is 5.75 Å². The highest BCUT2D eigenvalue weighted by atomic mass is 16.3. The highest BCUT2D eigenvalue weighted by molar-refractivity contribution is 5.98. The fourth-order valence-corrected chi connectivity index (χ4v) is 1.86. The van der Waals surface area contributed by atoms with E-state index in [9.17, 15) is 9.90 Å². The minimum atomic E-state index is 0.178. The van der Waals surface area contributed by atoms with Gasteiger partial charge in [0.15, 0.2) is 5.78 Å². The number of carbonyl (C=O) groups excluding carboxylic acids is 1. The van der Waals surface area contributed by atoms with E-state index in [2.05, 4.69) is 10.3 Å². The fourth-order valence-electron chi connectivity index (χ4n) is 1.86. The van der Waals surface area contributed by atoms with Crippen LogP contribution in [0.1, 0.15) is 18.4 Å². The SMILES string of the molecule is O=C1CCC=C/C1=C\NCCN=Cc1ccccc1O. The number of ketones is 1. The average Bonchev–Trinajstić information content (AvgIpc) is 2.46. The van der Waals surface area contributed by atoms with Crippen molar-refractivity contribution in [3.8, 4) is 5.75 Å². The molecule has 2 rings (SSSR count). The fraction of sp³-hybridized carbons (Fsp3) is 0.250. The van der Waals surface area contributed by atoms with Crippen molar-refractivity contribution in [3.05, 3.63) is 53.8 Å². The van der Waals surface area contributed by atoms with Crippen LogP contribution in [0, 0.1) is 0 Å². The molecule has 1 aliphatic rings. The molecule has 2 N–H and O–H groups in total. The van der Waals surface area contributed by atoms with Gasteiger partial charge in [0.2, 0.25) is 0 Å². The Bertz CT molecular complexity index is 559. The standard InChI is InChI=1S/C16H18N2O2/c19-15-7-3-1-5-13(15)11-17-9-10-18-12-14-6-2-4-8-16(14)20/h1-3,5-7,11-12,18-19H,4,8-10H2/b14-12+,17-11?. The van der Waals surface area contributed by atoms with Gasteiger partial charge < -0.3 is 10.4 Å². The van der Waals surface area contributed by atoms with Crippen molar-refractivity contribution < 1.29 is 9.90 Å². The number of hydrogen-bond donors (Lipinski definition) is 2. The highest BCUT2D eigenvalue weighted by Gasteiger charge is 2.08. The Labute approximate surface area is 118 Å². The Hall–Kier alpha value is -2.36. The number of benzene rings is 1. The van der Waals surface area contributed by atoms with E-state index in [1.54, 1.807) is 30.6 Å². The first kappa shape index (κ1) is 14.1. The number of nitrogens with zero attached hydrogens (tertiary/aromatic N) is 1. The van der Waals surface area contributed by atoms with Crippen LogP contribution in [-0.2, 0) is 4.79 Å². The topological polar surface area (TPSA) is 61.7 Å². The largest absolute Gasteiger partial charge is 0.507 e. The molecule has 0 fully saturated rings. The van der Waals surface area contributed by atoms with Crippen molar-refractivity contribution in [1.29, 1.82) is 0 Å². The molecule has 1 aromatic carbocycles. The zero-order valence-corrected chi connectivity index (χ0v) is 11.2. The summed E-state index contributed by atoms with van der Waals surface area (Å²) in [5, 5.41) is 12.6. The Kier molecular flexibility index (Phi) is 5.12. The summed E-state index contributed by atoms with van der Waals surface area (Å²) in [7, 11) is 0. The molecule has 0 aromatic heterocycles. The predicted octanol–water partition coefficient (Wildman–Crippen LogP) is 2.20. The maximum absolute atomic E-state index is 11.5. The number of allylic oxidation sites excluding steroid dienone is 3. The zero-order chi connectivity index (χ0) is 14.2. The molecule has 4 nitrogen and oxygen atoms in total. The van der Waals surface area contributed by atoms with E-state index in [1.165, 1.54) is 0 Å². The molecule has 0 saturated heterocycles. The minimum Gasteiger partial charge on any atom is -0.507 e. The molecule has 0 unspecified atom stereocenters. The number of para-hydroxylation sites is 1. The van der Waals surface area contributed by atoms with Gasteiger partial charge in [-0.05, 0) is 18.6 Å². The maximum Gasteiger partial charge on any atom is 0.164 e. The number of rotatable bonds is 5. The molecule has 0 saturated carbocycles. The summed E-state index contributed by atoms with van der Waals surface area (Å²) in [6.07, 6.45) is 8.68. The molecular formula is C16H18N2O2. The van der Waals surface area contributed by atoms with Gasteiger partial charge in [-0.1, -0.05) is 24.3 Å². The lowest BCUT2D eigenvalue weighted by Gasteiger charge is -2.06. The lowest BCUT2D eigenvalue weighted by Crippen LogP contribution is -2.14. The molecule has 0 heterocycles. The number of Topliss-reactive ketones (excluding diaryl/α,β-unsaturated/α-hetero) is 1. The summed E-state index contributed by atoms with van der Waals surface area (Å²) in [6, 6.07) is 7.06. The molecule has 0 aliphatic heterocycles. The molecule has 4 heteroatoms. The summed E-state index contributed by atoms with van der Waals surface area (Å²) in [5.41, 5.74) is 1.43. The number of phenolic OH excluding ortho intramolecular Hbond substituents is 1. The summed E-state index contributed by atoms with van der Waals surface area (Å²) >= 11 is 0. The van der Waals surface area contributed by atoms with Crippen LogP contribution in [0.2, 0.25) is 0 Å². The maximum atomic E-state index is 11.5. The highest BCUT2D eigenvalue weighted by Crippen LogP contribution is 2.12. The van der Waals surface area contributed by atoms with Crippen LogP contribution in [0.3, 0.4) is 0 Å². The van der Waals surface area contributed by atoms with E-state index in [0.717, 1.165) is 12.0 Å². The molecule has 0 atom stereocenters. The second kappa shape index (κ2) is 7.28. The summed E-state index contributed by atoms with van der Waals surface area (Å²) in [6.45, 7) is 1.23. The molecule has 104 valence electrons. The third kappa shape index (κ3) is 4.09. The van der Waals surface area contributed by atoms with Gasteiger partial charge in [-0.2, -0.15) is 0 Å². The molecule has 0 radical (unpaired) electrons. The lowest BCUT2D eigenvalue weighted by atomic mass is 10.0. The third-order valence-corrected chi connectivity index (χ3v) is 2.97. The Morgan fingerprint density at radius 1 is 1.35 bits per heavy atom. The molecule has 1 aliphatic carbocycles. The van der Waals surface area contributed by atoms with Crippen molar-refractivity contribution >= 4 is 12.0 Å². The van der Waals surface area contributed by atoms with Gasteiger partial charge in [-0.25, -0.2) is 0 Å². The van der Waals surface area contributed by atoms with Crippen LogP contribution in [0.4, 0.5) is 0 Å². The van der Waals surface area contributed by atoms with Crippen molar-refractivity contribution in [2.24, 2.45) is 4.99 Å². The van der Waals surface area contributed by atoms with Gasteiger partial charge in [0, 0.05) is 36.5 Å². The smallest absolute Gasteiger partial charge is 0.164 e. The Morgan fingerprint density at radius 2 is 2.20 bits per heavy atom. The van der Waals surface area contributed by atoms with Gasteiger partial charge in [0.25, 0.3) is 0 Å². The Balaban J connectivity index is 1.76. The van der Waals surface area contributed by atoms with E-state index in [-0.39, 0.29) is 11.5 Å². The predicted molar refractivity (Wildman–Crippen MR) is 80.0 cm³/mol. The van der Waals surface area contributed by atoms with Crippen LogP contribution in [-0.4, -0.2) is 30.2 Å². The van der Waals surface area contributed by atoms with Crippen LogP contribution in [0.15, 0.2) is 53.2 Å². The number of nitrogens with one attached hydrogen (secondary N) is 1. The van der Waals surface area contributed by atoms with Gasteiger partial charge in [-0.3, -0.25) is 9.79 Å². The van der Waals surface area contributed by atoms with Crippen molar-refractivity contribution in [3.63, 3.8) is 0 Å². The number of aliphatic imine (C=N–C) groups is 1. The minimum absolute atomic E-state index is 0.178. The van der Waals surface area contributed by atoms with Crippen molar-refractivity contribution in [2.75, 3.05) is 13.1 Å². The van der Waals surface area contributed by atoms with Crippen LogP contribution >= 0.6 is 0 Å². The summed E-state index contributed by atoms with van der Waals surface area (Å²) < 4.78 is 0. The molecule has 1 aromatic rings. The van der Waals surface area contributed by atoms with Gasteiger partial charge >= 0.3 is 0 Å². The van der Waals surface area contributed by atoms with Crippen molar-refractivity contribution in [1.82, 2.24) is 5.32 Å². The third-order valence-electron chi connectivity index (χ3n) is 2.97. The zero-order valence-electron chi connectivity index (χ0n) is 11.2. The summed E-state index contributed by atoms with van der Waals surface area (Å²) in [4.78, 5) is 15.7. The molecule has 0 bridgehead atoms. The number of phenols is 1. The normalized spacial score (nSPS) is 17.0. The molecular weight excluding hydrogens is 252 g/mol. The van der Waals surface area contributed by atoms with E-state index < -0.39 is 0 Å². The number of carbonyl (C=O) groups is 1. The first-order valence-electron chi connectivity index (χ1n) is 6.68. The van der Waals surface area contributed by atoms with E-state index in [0.29, 0.717) is 25.1 Å².